The Morgan fingerprint density at radius 2 is 2.00 bits per heavy atom. The van der Waals surface area contributed by atoms with E-state index < -0.39 is 22.6 Å². The number of hydrogen-bond donors (Lipinski definition) is 2. The van der Waals surface area contributed by atoms with E-state index in [-0.39, 0.29) is 11.4 Å². The van der Waals surface area contributed by atoms with E-state index in [1.54, 1.807) is 0 Å². The van der Waals surface area contributed by atoms with E-state index in [9.17, 15) is 13.2 Å². The van der Waals surface area contributed by atoms with E-state index in [0.29, 0.717) is 5.75 Å². The Hall–Kier alpha value is -1.86. The predicted octanol–water partition coefficient (Wildman–Crippen LogP) is 0.614. The molecule has 1 rings (SSSR count). The number of carboxylic acids is 1. The van der Waals surface area contributed by atoms with Crippen molar-refractivity contribution in [1.82, 2.24) is 4.72 Å². The summed E-state index contributed by atoms with van der Waals surface area (Å²) in [6, 6.07) is 5.46. The highest BCUT2D eigenvalue weighted by Crippen LogP contribution is 2.15. The molecule has 0 spiro atoms. The van der Waals surface area contributed by atoms with Crippen LogP contribution in [0.4, 0.5) is 0 Å². The van der Waals surface area contributed by atoms with Crippen molar-refractivity contribution in [3.05, 3.63) is 36.9 Å². The lowest BCUT2D eigenvalue weighted by molar-refractivity contribution is -0.139. The second-order valence-corrected chi connectivity index (χ2v) is 5.06. The molecule has 0 heterocycles. The minimum atomic E-state index is -3.56. The van der Waals surface area contributed by atoms with Crippen LogP contribution in [0.1, 0.15) is 0 Å². The largest absolute Gasteiger partial charge is 0.482 e. The third-order valence-electron chi connectivity index (χ3n) is 1.91. The third kappa shape index (κ3) is 4.19. The Morgan fingerprint density at radius 3 is 2.50 bits per heavy atom. The standard InChI is InChI=1S/C11H13NO5S/c1-2-7-12-18(15,16)10-5-3-9(4-6-10)17-8-11(13)14/h2-6,12H,1,7-8H2,(H,13,14). The van der Waals surface area contributed by atoms with Crippen molar-refractivity contribution in [3.63, 3.8) is 0 Å². The molecule has 98 valence electrons. The molecule has 0 fully saturated rings. The average molecular weight is 271 g/mol. The molecule has 2 N–H and O–H groups in total. The van der Waals surface area contributed by atoms with Crippen molar-refractivity contribution in [2.24, 2.45) is 0 Å². The van der Waals surface area contributed by atoms with Crippen LogP contribution >= 0.6 is 0 Å². The predicted molar refractivity (Wildman–Crippen MR) is 65.0 cm³/mol. The molecule has 0 amide bonds. The van der Waals surface area contributed by atoms with Gasteiger partial charge in [0.1, 0.15) is 5.75 Å². The fourth-order valence-corrected chi connectivity index (χ4v) is 2.11. The minimum absolute atomic E-state index is 0.0759. The fourth-order valence-electron chi connectivity index (χ4n) is 1.11. The topological polar surface area (TPSA) is 92.7 Å². The molecule has 0 aromatic heterocycles. The van der Waals surface area contributed by atoms with Gasteiger partial charge in [0.05, 0.1) is 4.90 Å². The molecule has 0 atom stereocenters. The average Bonchev–Trinajstić information content (AvgIpc) is 2.34. The van der Waals surface area contributed by atoms with Gasteiger partial charge in [0.15, 0.2) is 6.61 Å². The summed E-state index contributed by atoms with van der Waals surface area (Å²) >= 11 is 0. The molecule has 0 saturated heterocycles. The number of aliphatic carboxylic acids is 1. The van der Waals surface area contributed by atoms with Crippen molar-refractivity contribution in [1.29, 1.82) is 0 Å². The normalized spacial score (nSPS) is 10.9. The van der Waals surface area contributed by atoms with E-state index in [1.165, 1.54) is 30.3 Å². The van der Waals surface area contributed by atoms with Crippen LogP contribution in [0.2, 0.25) is 0 Å². The van der Waals surface area contributed by atoms with Crippen molar-refractivity contribution in [3.8, 4) is 5.75 Å². The summed E-state index contributed by atoms with van der Waals surface area (Å²) in [5.74, 6) is -0.806. The zero-order chi connectivity index (χ0) is 13.6. The first kappa shape index (κ1) is 14.2. The Kier molecular flexibility index (Phi) is 4.87. The molecule has 0 aliphatic rings. The molecular weight excluding hydrogens is 258 g/mol. The molecule has 6 nitrogen and oxygen atoms in total. The Morgan fingerprint density at radius 1 is 1.39 bits per heavy atom. The Bertz CT molecular complexity index is 521. The highest BCUT2D eigenvalue weighted by molar-refractivity contribution is 7.89. The van der Waals surface area contributed by atoms with Gasteiger partial charge in [-0.15, -0.1) is 6.58 Å². The number of ether oxygens (including phenoxy) is 1. The molecule has 18 heavy (non-hydrogen) atoms. The molecule has 0 bridgehead atoms. The zero-order valence-electron chi connectivity index (χ0n) is 9.50. The lowest BCUT2D eigenvalue weighted by atomic mass is 10.3. The van der Waals surface area contributed by atoms with Crippen molar-refractivity contribution in [2.45, 2.75) is 4.90 Å². The molecule has 0 unspecified atom stereocenters. The lowest BCUT2D eigenvalue weighted by Crippen LogP contribution is -2.23. The van der Waals surface area contributed by atoms with Crippen LogP contribution in [0, 0.1) is 0 Å². The first-order valence-corrected chi connectivity index (χ1v) is 6.49. The molecular formula is C11H13NO5S. The molecule has 7 heteroatoms. The summed E-state index contributed by atoms with van der Waals surface area (Å²) in [6.07, 6.45) is 1.43. The zero-order valence-corrected chi connectivity index (χ0v) is 10.3. The van der Waals surface area contributed by atoms with Crippen LogP contribution in [0.25, 0.3) is 0 Å². The molecule has 0 aliphatic carbocycles. The van der Waals surface area contributed by atoms with Gasteiger partial charge in [-0.3, -0.25) is 0 Å². The Labute approximate surface area is 105 Å². The van der Waals surface area contributed by atoms with Gasteiger partial charge in [-0.1, -0.05) is 6.08 Å². The number of rotatable bonds is 7. The van der Waals surface area contributed by atoms with Crippen LogP contribution in [0.5, 0.6) is 5.75 Å². The number of carbonyl (C=O) groups is 1. The van der Waals surface area contributed by atoms with Gasteiger partial charge in [-0.2, -0.15) is 0 Å². The summed E-state index contributed by atoms with van der Waals surface area (Å²) < 4.78 is 30.5. The number of benzene rings is 1. The third-order valence-corrected chi connectivity index (χ3v) is 3.35. The van der Waals surface area contributed by atoms with Gasteiger partial charge in [0, 0.05) is 6.54 Å². The van der Waals surface area contributed by atoms with Crippen molar-refractivity contribution >= 4 is 16.0 Å². The summed E-state index contributed by atoms with van der Waals surface area (Å²) in [5, 5.41) is 8.42. The molecule has 1 aromatic carbocycles. The number of carboxylic acid groups (broad SMARTS) is 1. The lowest BCUT2D eigenvalue weighted by Gasteiger charge is -2.06. The van der Waals surface area contributed by atoms with E-state index in [2.05, 4.69) is 11.3 Å². The highest BCUT2D eigenvalue weighted by Gasteiger charge is 2.12. The fraction of sp³-hybridized carbons (Fsp3) is 0.182. The SMILES string of the molecule is C=CCNS(=O)(=O)c1ccc(OCC(=O)O)cc1. The maximum absolute atomic E-state index is 11.7. The van der Waals surface area contributed by atoms with Gasteiger partial charge in [0.25, 0.3) is 0 Å². The molecule has 0 aliphatic heterocycles. The minimum Gasteiger partial charge on any atom is -0.482 e. The van der Waals surface area contributed by atoms with Crippen LogP contribution in [-0.2, 0) is 14.8 Å². The van der Waals surface area contributed by atoms with E-state index in [0.717, 1.165) is 0 Å². The molecule has 0 radical (unpaired) electrons. The van der Waals surface area contributed by atoms with Gasteiger partial charge in [-0.05, 0) is 24.3 Å². The van der Waals surface area contributed by atoms with Crippen LogP contribution in [0.3, 0.4) is 0 Å². The highest BCUT2D eigenvalue weighted by atomic mass is 32.2. The summed E-state index contributed by atoms with van der Waals surface area (Å²) in [7, 11) is -3.56. The van der Waals surface area contributed by atoms with Crippen LogP contribution in [0.15, 0.2) is 41.8 Å². The molecule has 1 aromatic rings. The summed E-state index contributed by atoms with van der Waals surface area (Å²) in [6.45, 7) is 3.08. The monoisotopic (exact) mass is 271 g/mol. The van der Waals surface area contributed by atoms with Crippen LogP contribution < -0.4 is 9.46 Å². The first-order valence-electron chi connectivity index (χ1n) is 5.01. The van der Waals surface area contributed by atoms with Crippen LogP contribution in [-0.4, -0.2) is 32.6 Å². The van der Waals surface area contributed by atoms with Gasteiger partial charge in [0.2, 0.25) is 10.0 Å². The van der Waals surface area contributed by atoms with Crippen molar-refractivity contribution in [2.75, 3.05) is 13.2 Å². The van der Waals surface area contributed by atoms with Gasteiger partial charge >= 0.3 is 5.97 Å². The van der Waals surface area contributed by atoms with E-state index in [1.807, 2.05) is 0 Å². The Balaban J connectivity index is 2.76. The van der Waals surface area contributed by atoms with Gasteiger partial charge in [-0.25, -0.2) is 17.9 Å². The van der Waals surface area contributed by atoms with E-state index in [4.69, 9.17) is 9.84 Å². The van der Waals surface area contributed by atoms with Crippen molar-refractivity contribution < 1.29 is 23.1 Å². The summed E-state index contributed by atoms with van der Waals surface area (Å²) in [5.41, 5.74) is 0. The smallest absolute Gasteiger partial charge is 0.341 e. The number of sulfonamides is 1. The molecule has 0 saturated carbocycles. The quantitative estimate of drug-likeness (QED) is 0.709. The van der Waals surface area contributed by atoms with Gasteiger partial charge < -0.3 is 9.84 Å². The maximum Gasteiger partial charge on any atom is 0.341 e. The summed E-state index contributed by atoms with van der Waals surface area (Å²) in [4.78, 5) is 10.4. The number of nitrogens with one attached hydrogen (secondary N) is 1. The number of hydrogen-bond acceptors (Lipinski definition) is 4. The first-order chi connectivity index (χ1) is 8.45. The maximum atomic E-state index is 11.7. The van der Waals surface area contributed by atoms with E-state index >= 15 is 0 Å². The second kappa shape index (κ2) is 6.18. The second-order valence-electron chi connectivity index (χ2n) is 3.29.